The quantitative estimate of drug-likeness (QED) is 0.590. The van der Waals surface area contributed by atoms with Crippen molar-refractivity contribution >= 4 is 28.2 Å². The summed E-state index contributed by atoms with van der Waals surface area (Å²) >= 11 is 1.46. The summed E-state index contributed by atoms with van der Waals surface area (Å²) in [5.74, 6) is 0.975. The Morgan fingerprint density at radius 2 is 1.81 bits per heavy atom. The number of hydrogen-bond acceptors (Lipinski definition) is 7. The highest BCUT2D eigenvalue weighted by Gasteiger charge is 2.29. The molecule has 168 valence electrons. The molecule has 31 heavy (non-hydrogen) atoms. The van der Waals surface area contributed by atoms with Crippen LogP contribution < -0.4 is 19.5 Å². The van der Waals surface area contributed by atoms with E-state index in [9.17, 15) is 9.59 Å². The van der Waals surface area contributed by atoms with E-state index in [2.05, 4.69) is 12.2 Å². The Kier molecular flexibility index (Phi) is 7.43. The molecule has 1 aromatic carbocycles. The molecule has 3 rings (SSSR count). The van der Waals surface area contributed by atoms with Gasteiger partial charge in [-0.25, -0.2) is 4.79 Å². The summed E-state index contributed by atoms with van der Waals surface area (Å²) in [5, 5.41) is 3.45. The molecule has 0 saturated carbocycles. The second-order valence-electron chi connectivity index (χ2n) is 7.56. The van der Waals surface area contributed by atoms with Gasteiger partial charge in [0.05, 0.1) is 33.5 Å². The maximum atomic E-state index is 13.1. The highest BCUT2D eigenvalue weighted by molar-refractivity contribution is 7.17. The molecular formula is C23H29NO6S. The molecule has 7 nitrogen and oxygen atoms in total. The number of fused-ring (bicyclic) bond motifs is 1. The molecule has 1 atom stereocenters. The number of esters is 1. The number of thiophene rings is 1. The standard InChI is InChI=1S/C23H29NO6S/c1-6-9-30-23(26)19-15-8-7-13(2)10-18(15)31-22(19)24-21(25)14-11-16(27-3)20(29-5)17(12-14)28-4/h11-13H,6-10H2,1-5H3,(H,24,25)/t13-/m0/s1. The summed E-state index contributed by atoms with van der Waals surface area (Å²) in [4.78, 5) is 27.1. The average molecular weight is 448 g/mol. The van der Waals surface area contributed by atoms with Crippen molar-refractivity contribution in [3.8, 4) is 17.2 Å². The van der Waals surface area contributed by atoms with Crippen LogP contribution in [0.5, 0.6) is 17.2 Å². The van der Waals surface area contributed by atoms with Gasteiger partial charge in [-0.1, -0.05) is 13.8 Å². The minimum atomic E-state index is -0.380. The Hall–Kier alpha value is -2.74. The second-order valence-corrected chi connectivity index (χ2v) is 8.67. The number of anilines is 1. The number of nitrogens with one attached hydrogen (secondary N) is 1. The van der Waals surface area contributed by atoms with Crippen LogP contribution in [0.3, 0.4) is 0 Å². The van der Waals surface area contributed by atoms with E-state index in [0.717, 1.165) is 36.1 Å². The van der Waals surface area contributed by atoms with Gasteiger partial charge in [0.15, 0.2) is 11.5 Å². The fourth-order valence-corrected chi connectivity index (χ4v) is 5.10. The van der Waals surface area contributed by atoms with Gasteiger partial charge in [-0.2, -0.15) is 0 Å². The fourth-order valence-electron chi connectivity index (χ4n) is 3.71. The molecule has 1 aliphatic carbocycles. The van der Waals surface area contributed by atoms with Crippen LogP contribution in [0.2, 0.25) is 0 Å². The van der Waals surface area contributed by atoms with Gasteiger partial charge in [-0.15, -0.1) is 11.3 Å². The molecule has 1 amide bonds. The number of ether oxygens (including phenoxy) is 4. The molecular weight excluding hydrogens is 418 g/mol. The third-order valence-electron chi connectivity index (χ3n) is 5.31. The number of carbonyl (C=O) groups is 2. The van der Waals surface area contributed by atoms with Crippen molar-refractivity contribution in [3.63, 3.8) is 0 Å². The smallest absolute Gasteiger partial charge is 0.341 e. The Labute approximate surface area is 186 Å². The van der Waals surface area contributed by atoms with Crippen molar-refractivity contribution in [2.24, 2.45) is 5.92 Å². The fraction of sp³-hybridized carbons (Fsp3) is 0.478. The second kappa shape index (κ2) is 10.0. The average Bonchev–Trinajstić information content (AvgIpc) is 3.12. The number of rotatable bonds is 8. The van der Waals surface area contributed by atoms with Gasteiger partial charge in [0.2, 0.25) is 5.75 Å². The number of methoxy groups -OCH3 is 3. The zero-order chi connectivity index (χ0) is 22.5. The van der Waals surface area contributed by atoms with E-state index in [-0.39, 0.29) is 11.9 Å². The molecule has 1 heterocycles. The van der Waals surface area contributed by atoms with Crippen molar-refractivity contribution in [2.75, 3.05) is 33.3 Å². The van der Waals surface area contributed by atoms with Crippen molar-refractivity contribution < 1.29 is 28.5 Å². The van der Waals surface area contributed by atoms with Crippen molar-refractivity contribution in [2.45, 2.75) is 39.5 Å². The molecule has 2 aromatic rings. The molecule has 1 aromatic heterocycles. The molecule has 0 unspecified atom stereocenters. The molecule has 0 radical (unpaired) electrons. The van der Waals surface area contributed by atoms with Crippen LogP contribution in [0.25, 0.3) is 0 Å². The first kappa shape index (κ1) is 22.9. The number of hydrogen-bond donors (Lipinski definition) is 1. The van der Waals surface area contributed by atoms with Crippen LogP contribution in [0, 0.1) is 5.92 Å². The molecule has 0 fully saturated rings. The highest BCUT2D eigenvalue weighted by Crippen LogP contribution is 2.41. The maximum Gasteiger partial charge on any atom is 0.341 e. The van der Waals surface area contributed by atoms with Gasteiger partial charge < -0.3 is 24.3 Å². The third kappa shape index (κ3) is 4.79. The van der Waals surface area contributed by atoms with Crippen molar-refractivity contribution in [1.82, 2.24) is 0 Å². The molecule has 1 aliphatic rings. The van der Waals surface area contributed by atoms with Gasteiger partial charge in [-0.05, 0) is 49.3 Å². The van der Waals surface area contributed by atoms with Crippen molar-refractivity contribution in [1.29, 1.82) is 0 Å². The summed E-state index contributed by atoms with van der Waals surface area (Å²) in [7, 11) is 4.50. The number of amides is 1. The summed E-state index contributed by atoms with van der Waals surface area (Å²) < 4.78 is 21.4. The van der Waals surface area contributed by atoms with E-state index >= 15 is 0 Å². The van der Waals surface area contributed by atoms with Crippen molar-refractivity contribution in [3.05, 3.63) is 33.7 Å². The number of carbonyl (C=O) groups excluding carboxylic acids is 2. The summed E-state index contributed by atoms with van der Waals surface area (Å²) in [5.41, 5.74) is 1.83. The predicted molar refractivity (Wildman–Crippen MR) is 120 cm³/mol. The minimum Gasteiger partial charge on any atom is -0.493 e. The first-order valence-electron chi connectivity index (χ1n) is 10.4. The van der Waals surface area contributed by atoms with E-state index in [1.54, 1.807) is 12.1 Å². The topological polar surface area (TPSA) is 83.1 Å². The molecule has 0 bridgehead atoms. The largest absolute Gasteiger partial charge is 0.493 e. The van der Waals surface area contributed by atoms with Crippen LogP contribution in [0.4, 0.5) is 5.00 Å². The van der Waals surface area contributed by atoms with Gasteiger partial charge in [-0.3, -0.25) is 4.79 Å². The zero-order valence-electron chi connectivity index (χ0n) is 18.6. The third-order valence-corrected chi connectivity index (χ3v) is 6.48. The van der Waals surface area contributed by atoms with Crippen LogP contribution in [-0.2, 0) is 17.6 Å². The summed E-state index contributed by atoms with van der Waals surface area (Å²) in [6.07, 6.45) is 3.46. The van der Waals surface area contributed by atoms with Crippen LogP contribution >= 0.6 is 11.3 Å². The van der Waals surface area contributed by atoms with E-state index in [4.69, 9.17) is 18.9 Å². The van der Waals surface area contributed by atoms with E-state index < -0.39 is 0 Å². The van der Waals surface area contributed by atoms with E-state index in [1.165, 1.54) is 32.7 Å². The van der Waals surface area contributed by atoms with E-state index in [0.29, 0.717) is 45.9 Å². The molecule has 0 saturated heterocycles. The molecule has 1 N–H and O–H groups in total. The summed E-state index contributed by atoms with van der Waals surface area (Å²) in [6, 6.07) is 3.17. The lowest BCUT2D eigenvalue weighted by Crippen LogP contribution is -2.17. The Morgan fingerprint density at radius 3 is 2.39 bits per heavy atom. The Morgan fingerprint density at radius 1 is 1.13 bits per heavy atom. The lowest BCUT2D eigenvalue weighted by Gasteiger charge is -2.18. The highest BCUT2D eigenvalue weighted by atomic mass is 32.1. The lowest BCUT2D eigenvalue weighted by molar-refractivity contribution is 0.0505. The lowest BCUT2D eigenvalue weighted by atomic mass is 9.88. The minimum absolute atomic E-state index is 0.335. The Balaban J connectivity index is 1.96. The Bertz CT molecular complexity index is 942. The van der Waals surface area contributed by atoms with Crippen LogP contribution in [-0.4, -0.2) is 39.8 Å². The monoisotopic (exact) mass is 447 g/mol. The number of benzene rings is 1. The SMILES string of the molecule is CCCOC(=O)c1c(NC(=O)c2cc(OC)c(OC)c(OC)c2)sc2c1CC[C@H](C)C2. The molecule has 0 aliphatic heterocycles. The first-order chi connectivity index (χ1) is 14.9. The van der Waals surface area contributed by atoms with Gasteiger partial charge >= 0.3 is 5.97 Å². The first-order valence-corrected chi connectivity index (χ1v) is 11.2. The molecule has 0 spiro atoms. The molecule has 8 heteroatoms. The van der Waals surface area contributed by atoms with Gasteiger partial charge in [0.25, 0.3) is 5.91 Å². The predicted octanol–water partition coefficient (Wildman–Crippen LogP) is 4.72. The summed E-state index contributed by atoms with van der Waals surface area (Å²) in [6.45, 7) is 4.50. The van der Waals surface area contributed by atoms with Crippen LogP contribution in [0.15, 0.2) is 12.1 Å². The van der Waals surface area contributed by atoms with Crippen LogP contribution in [0.1, 0.15) is 57.8 Å². The van der Waals surface area contributed by atoms with Gasteiger partial charge in [0, 0.05) is 10.4 Å². The normalized spacial score (nSPS) is 15.1. The zero-order valence-corrected chi connectivity index (χ0v) is 19.4. The van der Waals surface area contributed by atoms with Gasteiger partial charge in [0.1, 0.15) is 5.00 Å². The van der Waals surface area contributed by atoms with E-state index in [1.807, 2.05) is 6.92 Å². The maximum absolute atomic E-state index is 13.1.